The fraction of sp³-hybridized carbons (Fsp3) is 0.300. The average molecular weight is 236 g/mol. The number of carbonyl (C=O) groups excluding carboxylic acids is 1. The minimum atomic E-state index is -0.147. The van der Waals surface area contributed by atoms with Crippen LogP contribution in [0.5, 0.6) is 0 Å². The molecule has 0 atom stereocenters. The molecule has 0 unspecified atom stereocenters. The van der Waals surface area contributed by atoms with E-state index in [2.05, 4.69) is 21.2 Å². The molecular formula is C10H12N4OS. The van der Waals surface area contributed by atoms with E-state index in [9.17, 15) is 4.79 Å². The van der Waals surface area contributed by atoms with E-state index in [1.807, 2.05) is 6.92 Å². The summed E-state index contributed by atoms with van der Waals surface area (Å²) in [6.45, 7) is 2.05. The van der Waals surface area contributed by atoms with Gasteiger partial charge in [0.15, 0.2) is 5.16 Å². The third-order valence-electron chi connectivity index (χ3n) is 1.57. The fourth-order valence-electron chi connectivity index (χ4n) is 0.960. The van der Waals surface area contributed by atoms with Crippen molar-refractivity contribution in [1.82, 2.24) is 15.3 Å². The lowest BCUT2D eigenvalue weighted by Gasteiger charge is -2.02. The molecule has 0 saturated carbocycles. The zero-order valence-corrected chi connectivity index (χ0v) is 9.67. The van der Waals surface area contributed by atoms with Crippen LogP contribution in [0, 0.1) is 19.3 Å². The van der Waals surface area contributed by atoms with E-state index in [0.29, 0.717) is 11.0 Å². The van der Waals surface area contributed by atoms with Gasteiger partial charge < -0.3 is 11.1 Å². The average Bonchev–Trinajstić information content (AvgIpc) is 2.22. The molecular weight excluding hydrogens is 224 g/mol. The van der Waals surface area contributed by atoms with Gasteiger partial charge in [0.1, 0.15) is 5.82 Å². The van der Waals surface area contributed by atoms with Crippen LogP contribution in [0.3, 0.4) is 0 Å². The van der Waals surface area contributed by atoms with Crippen LogP contribution in [-0.4, -0.2) is 28.2 Å². The minimum absolute atomic E-state index is 0.147. The number of rotatable bonds is 4. The van der Waals surface area contributed by atoms with Crippen molar-refractivity contribution >= 4 is 23.5 Å². The summed E-state index contributed by atoms with van der Waals surface area (Å²) in [5, 5.41) is 3.04. The monoisotopic (exact) mass is 236 g/mol. The van der Waals surface area contributed by atoms with Crippen LogP contribution in [0.2, 0.25) is 0 Å². The molecule has 1 rings (SSSR count). The highest BCUT2D eigenvalue weighted by molar-refractivity contribution is 7.99. The number of carbonyl (C=O) groups is 1. The Labute approximate surface area is 98.2 Å². The zero-order chi connectivity index (χ0) is 12.0. The van der Waals surface area contributed by atoms with Crippen molar-refractivity contribution in [1.29, 1.82) is 0 Å². The van der Waals surface area contributed by atoms with Gasteiger partial charge in [0.25, 0.3) is 0 Å². The molecule has 0 fully saturated rings. The second-order valence-electron chi connectivity index (χ2n) is 2.99. The van der Waals surface area contributed by atoms with E-state index >= 15 is 0 Å². The van der Waals surface area contributed by atoms with Crippen LogP contribution in [0.15, 0.2) is 11.2 Å². The first-order chi connectivity index (χ1) is 7.61. The van der Waals surface area contributed by atoms with Crippen molar-refractivity contribution in [3.63, 3.8) is 0 Å². The van der Waals surface area contributed by atoms with Gasteiger partial charge in [-0.1, -0.05) is 17.7 Å². The first-order valence-corrected chi connectivity index (χ1v) is 5.54. The number of anilines is 1. The van der Waals surface area contributed by atoms with Crippen LogP contribution in [0.4, 0.5) is 5.82 Å². The van der Waals surface area contributed by atoms with E-state index in [-0.39, 0.29) is 18.2 Å². The SMILES string of the molecule is C#CCNC(=O)CSc1nc(C)cc(N)n1. The van der Waals surface area contributed by atoms with Crippen molar-refractivity contribution in [3.05, 3.63) is 11.8 Å². The maximum absolute atomic E-state index is 11.2. The Morgan fingerprint density at radius 1 is 1.69 bits per heavy atom. The molecule has 0 radical (unpaired) electrons. The lowest BCUT2D eigenvalue weighted by atomic mass is 10.4. The second kappa shape index (κ2) is 5.98. The maximum Gasteiger partial charge on any atom is 0.231 e. The molecule has 6 heteroatoms. The van der Waals surface area contributed by atoms with Gasteiger partial charge in [-0.25, -0.2) is 9.97 Å². The van der Waals surface area contributed by atoms with E-state index < -0.39 is 0 Å². The summed E-state index contributed by atoms with van der Waals surface area (Å²) in [5.41, 5.74) is 6.33. The summed E-state index contributed by atoms with van der Waals surface area (Å²) in [5.74, 6) is 2.80. The molecule has 1 heterocycles. The van der Waals surface area contributed by atoms with Crippen molar-refractivity contribution in [2.75, 3.05) is 18.0 Å². The third-order valence-corrected chi connectivity index (χ3v) is 2.42. The van der Waals surface area contributed by atoms with Gasteiger partial charge in [-0.2, -0.15) is 0 Å². The van der Waals surface area contributed by atoms with Crippen LogP contribution in [0.1, 0.15) is 5.69 Å². The normalized spacial score (nSPS) is 9.50. The smallest absolute Gasteiger partial charge is 0.231 e. The number of amides is 1. The molecule has 1 aromatic heterocycles. The van der Waals surface area contributed by atoms with E-state index in [1.165, 1.54) is 11.8 Å². The van der Waals surface area contributed by atoms with Crippen LogP contribution < -0.4 is 11.1 Å². The van der Waals surface area contributed by atoms with Crippen molar-refractivity contribution in [2.24, 2.45) is 0 Å². The number of aromatic nitrogens is 2. The van der Waals surface area contributed by atoms with Crippen molar-refractivity contribution < 1.29 is 4.79 Å². The number of hydrogen-bond donors (Lipinski definition) is 2. The molecule has 0 saturated heterocycles. The van der Waals surface area contributed by atoms with Crippen molar-refractivity contribution in [2.45, 2.75) is 12.1 Å². The van der Waals surface area contributed by atoms with Gasteiger partial charge in [0.2, 0.25) is 5.91 Å². The predicted octanol–water partition coefficient (Wildman–Crippen LogP) is 0.209. The fourth-order valence-corrected chi connectivity index (χ4v) is 1.70. The topological polar surface area (TPSA) is 80.9 Å². The molecule has 0 bridgehead atoms. The lowest BCUT2D eigenvalue weighted by molar-refractivity contribution is -0.118. The van der Waals surface area contributed by atoms with Crippen LogP contribution in [0.25, 0.3) is 0 Å². The second-order valence-corrected chi connectivity index (χ2v) is 3.93. The van der Waals surface area contributed by atoms with E-state index in [0.717, 1.165) is 5.69 Å². The number of thioether (sulfide) groups is 1. The summed E-state index contributed by atoms with van der Waals surface area (Å²) < 4.78 is 0. The standard InChI is InChI=1S/C10H12N4OS/c1-3-4-12-9(15)6-16-10-13-7(2)5-8(11)14-10/h1,5H,4,6H2,2H3,(H,12,15)(H2,11,13,14). The highest BCUT2D eigenvalue weighted by Crippen LogP contribution is 2.14. The summed E-state index contributed by atoms with van der Waals surface area (Å²) in [4.78, 5) is 19.4. The molecule has 3 N–H and O–H groups in total. The molecule has 0 aliphatic heterocycles. The number of hydrogen-bond acceptors (Lipinski definition) is 5. The number of nitrogen functional groups attached to an aromatic ring is 1. The van der Waals surface area contributed by atoms with Crippen LogP contribution >= 0.6 is 11.8 Å². The van der Waals surface area contributed by atoms with Crippen molar-refractivity contribution in [3.8, 4) is 12.3 Å². The van der Waals surface area contributed by atoms with Gasteiger partial charge in [0, 0.05) is 11.8 Å². The van der Waals surface area contributed by atoms with Gasteiger partial charge in [0.05, 0.1) is 12.3 Å². The predicted molar refractivity (Wildman–Crippen MR) is 63.7 cm³/mol. The summed E-state index contributed by atoms with van der Waals surface area (Å²) in [6.07, 6.45) is 5.01. The Bertz CT molecular complexity index is 407. The number of terminal acetylenes is 1. The molecule has 0 aliphatic carbocycles. The van der Waals surface area contributed by atoms with E-state index in [1.54, 1.807) is 6.07 Å². The first-order valence-electron chi connectivity index (χ1n) is 4.56. The van der Waals surface area contributed by atoms with Gasteiger partial charge in [-0.05, 0) is 6.92 Å². The van der Waals surface area contributed by atoms with Gasteiger partial charge in [-0.3, -0.25) is 4.79 Å². The highest BCUT2D eigenvalue weighted by Gasteiger charge is 2.05. The van der Waals surface area contributed by atoms with Crippen LogP contribution in [-0.2, 0) is 4.79 Å². The Morgan fingerprint density at radius 3 is 3.06 bits per heavy atom. The van der Waals surface area contributed by atoms with Gasteiger partial charge >= 0.3 is 0 Å². The van der Waals surface area contributed by atoms with Gasteiger partial charge in [-0.15, -0.1) is 6.42 Å². The zero-order valence-electron chi connectivity index (χ0n) is 8.86. The number of nitrogens with zero attached hydrogens (tertiary/aromatic N) is 2. The summed E-state index contributed by atoms with van der Waals surface area (Å²) >= 11 is 1.22. The quantitative estimate of drug-likeness (QED) is 0.444. The Kier molecular flexibility index (Phi) is 4.61. The first kappa shape index (κ1) is 12.3. The Morgan fingerprint density at radius 2 is 2.44 bits per heavy atom. The third kappa shape index (κ3) is 4.19. The molecule has 0 aliphatic rings. The number of nitrogens with two attached hydrogens (primary N) is 1. The maximum atomic E-state index is 11.2. The summed E-state index contributed by atoms with van der Waals surface area (Å²) in [6, 6.07) is 1.67. The molecule has 1 amide bonds. The molecule has 0 spiro atoms. The largest absolute Gasteiger partial charge is 0.384 e. The number of aryl methyl sites for hydroxylation is 1. The highest BCUT2D eigenvalue weighted by atomic mass is 32.2. The number of nitrogens with one attached hydrogen (secondary N) is 1. The summed E-state index contributed by atoms with van der Waals surface area (Å²) in [7, 11) is 0. The minimum Gasteiger partial charge on any atom is -0.384 e. The molecule has 5 nitrogen and oxygen atoms in total. The Balaban J connectivity index is 2.48. The molecule has 16 heavy (non-hydrogen) atoms. The molecule has 84 valence electrons. The van der Waals surface area contributed by atoms with E-state index in [4.69, 9.17) is 12.2 Å². The Hall–Kier alpha value is -1.74. The molecule has 1 aromatic rings. The molecule has 0 aromatic carbocycles. The lowest BCUT2D eigenvalue weighted by Crippen LogP contribution is -2.25.